The summed E-state index contributed by atoms with van der Waals surface area (Å²) in [4.78, 5) is 23.8. The molecule has 0 aromatic heterocycles. The normalized spacial score (nSPS) is 19.6. The Labute approximate surface area is 155 Å². The molecule has 1 aliphatic rings. The highest BCUT2D eigenvalue weighted by Gasteiger charge is 2.64. The molecule has 1 aromatic rings. The quantitative estimate of drug-likeness (QED) is 0.551. The van der Waals surface area contributed by atoms with Gasteiger partial charge in [0.1, 0.15) is 6.10 Å². The lowest BCUT2D eigenvalue weighted by Gasteiger charge is -2.34. The van der Waals surface area contributed by atoms with Gasteiger partial charge in [-0.3, -0.25) is 4.79 Å². The van der Waals surface area contributed by atoms with Crippen LogP contribution in [0, 0.1) is 0 Å². The summed E-state index contributed by atoms with van der Waals surface area (Å²) in [7, 11) is 2.11. The fraction of sp³-hybridized carbons (Fsp3) is 0.474. The Bertz CT molecular complexity index is 699. The SMILES string of the molecule is COC(=O)CC1=CC[C@@H](OC(=O)[C@@](OC)(c2ccccc2)C(F)(F)F)CC1. The van der Waals surface area contributed by atoms with Gasteiger partial charge in [0.25, 0.3) is 5.60 Å². The van der Waals surface area contributed by atoms with Crippen LogP contribution in [0.15, 0.2) is 42.0 Å². The van der Waals surface area contributed by atoms with Gasteiger partial charge in [0, 0.05) is 19.1 Å². The number of methoxy groups -OCH3 is 2. The van der Waals surface area contributed by atoms with Gasteiger partial charge in [0.05, 0.1) is 13.5 Å². The van der Waals surface area contributed by atoms with Crippen LogP contribution in [0.4, 0.5) is 13.2 Å². The molecule has 2 rings (SSSR count). The minimum atomic E-state index is -5.00. The summed E-state index contributed by atoms with van der Waals surface area (Å²) in [5, 5.41) is 0. The number of hydrogen-bond donors (Lipinski definition) is 0. The molecular formula is C19H21F3O5. The number of esters is 2. The summed E-state index contributed by atoms with van der Waals surface area (Å²) in [6.07, 6.45) is -2.93. The van der Waals surface area contributed by atoms with Crippen LogP contribution in [-0.4, -0.2) is 38.4 Å². The van der Waals surface area contributed by atoms with Gasteiger partial charge in [-0.05, 0) is 12.8 Å². The summed E-state index contributed by atoms with van der Waals surface area (Å²) in [6.45, 7) is 0. The predicted octanol–water partition coefficient (Wildman–Crippen LogP) is 3.68. The van der Waals surface area contributed by atoms with E-state index < -0.39 is 29.8 Å². The summed E-state index contributed by atoms with van der Waals surface area (Å²) in [5.41, 5.74) is -2.72. The Kier molecular flexibility index (Phi) is 6.64. The van der Waals surface area contributed by atoms with E-state index in [9.17, 15) is 22.8 Å². The second-order valence-electron chi connectivity index (χ2n) is 6.17. The Balaban J connectivity index is 2.18. The second-order valence-corrected chi connectivity index (χ2v) is 6.17. The third kappa shape index (κ3) is 4.50. The number of alkyl halides is 3. The number of rotatable bonds is 6. The highest BCUT2D eigenvalue weighted by molar-refractivity contribution is 5.83. The molecule has 0 spiro atoms. The maximum atomic E-state index is 13.8. The van der Waals surface area contributed by atoms with Gasteiger partial charge in [0.15, 0.2) is 0 Å². The van der Waals surface area contributed by atoms with Crippen LogP contribution in [0.2, 0.25) is 0 Å². The third-order valence-corrected chi connectivity index (χ3v) is 4.50. The van der Waals surface area contributed by atoms with Gasteiger partial charge in [-0.15, -0.1) is 0 Å². The van der Waals surface area contributed by atoms with Crippen LogP contribution in [0.5, 0.6) is 0 Å². The van der Waals surface area contributed by atoms with E-state index in [0.29, 0.717) is 12.8 Å². The first-order chi connectivity index (χ1) is 12.7. The molecule has 8 heteroatoms. The number of carbonyl (C=O) groups is 2. The first kappa shape index (κ1) is 21.0. The maximum absolute atomic E-state index is 13.8. The standard InChI is InChI=1S/C19H21F3O5/c1-25-16(23)12-13-8-10-15(11-9-13)27-17(24)18(26-2,19(20,21)22)14-6-4-3-5-7-14/h3-8,15H,9-12H2,1-2H3/t15-,18+/m1/s1. The smallest absolute Gasteiger partial charge is 0.432 e. The van der Waals surface area contributed by atoms with E-state index in [-0.39, 0.29) is 18.4 Å². The maximum Gasteiger partial charge on any atom is 0.432 e. The lowest BCUT2D eigenvalue weighted by atomic mass is 9.91. The van der Waals surface area contributed by atoms with Gasteiger partial charge in [-0.2, -0.15) is 13.2 Å². The molecule has 0 aliphatic heterocycles. The third-order valence-electron chi connectivity index (χ3n) is 4.50. The zero-order valence-electron chi connectivity index (χ0n) is 15.0. The molecule has 0 radical (unpaired) electrons. The molecule has 148 valence electrons. The van der Waals surface area contributed by atoms with Crippen molar-refractivity contribution < 1.29 is 37.0 Å². The second kappa shape index (κ2) is 8.56. The highest BCUT2D eigenvalue weighted by atomic mass is 19.4. The Morgan fingerprint density at radius 1 is 1.15 bits per heavy atom. The van der Waals surface area contributed by atoms with Crippen molar-refractivity contribution in [3.05, 3.63) is 47.5 Å². The minimum absolute atomic E-state index is 0.117. The first-order valence-electron chi connectivity index (χ1n) is 8.37. The van der Waals surface area contributed by atoms with Crippen molar-refractivity contribution in [2.24, 2.45) is 0 Å². The molecule has 1 aromatic carbocycles. The van der Waals surface area contributed by atoms with Gasteiger partial charge in [-0.1, -0.05) is 42.0 Å². The summed E-state index contributed by atoms with van der Waals surface area (Å²) in [6, 6.07) is 6.68. The van der Waals surface area contributed by atoms with E-state index in [4.69, 9.17) is 9.47 Å². The molecule has 0 N–H and O–H groups in total. The van der Waals surface area contributed by atoms with Crippen LogP contribution < -0.4 is 0 Å². The van der Waals surface area contributed by atoms with Crippen LogP contribution in [0.3, 0.4) is 0 Å². The molecule has 0 saturated heterocycles. The molecule has 2 atom stereocenters. The Hall–Kier alpha value is -2.35. The molecule has 1 aliphatic carbocycles. The molecule has 27 heavy (non-hydrogen) atoms. The van der Waals surface area contributed by atoms with E-state index >= 15 is 0 Å². The van der Waals surface area contributed by atoms with Crippen LogP contribution in [0.1, 0.15) is 31.2 Å². The predicted molar refractivity (Wildman–Crippen MR) is 89.6 cm³/mol. The van der Waals surface area contributed by atoms with Gasteiger partial charge in [-0.25, -0.2) is 4.79 Å². The largest absolute Gasteiger partial charge is 0.469 e. The van der Waals surface area contributed by atoms with E-state index in [1.54, 1.807) is 12.1 Å². The van der Waals surface area contributed by atoms with Crippen molar-refractivity contribution in [2.75, 3.05) is 14.2 Å². The van der Waals surface area contributed by atoms with Crippen molar-refractivity contribution in [3.8, 4) is 0 Å². The minimum Gasteiger partial charge on any atom is -0.469 e. The van der Waals surface area contributed by atoms with E-state index in [0.717, 1.165) is 12.7 Å². The van der Waals surface area contributed by atoms with Gasteiger partial charge < -0.3 is 14.2 Å². The molecule has 0 heterocycles. The molecule has 5 nitrogen and oxygen atoms in total. The summed E-state index contributed by atoms with van der Waals surface area (Å²) < 4.78 is 55.9. The molecule has 0 unspecified atom stereocenters. The average Bonchev–Trinajstić information content (AvgIpc) is 2.64. The van der Waals surface area contributed by atoms with E-state index in [1.165, 1.54) is 31.4 Å². The number of ether oxygens (including phenoxy) is 3. The van der Waals surface area contributed by atoms with Crippen molar-refractivity contribution in [2.45, 2.75) is 43.6 Å². The van der Waals surface area contributed by atoms with Gasteiger partial charge in [0.2, 0.25) is 0 Å². The van der Waals surface area contributed by atoms with Crippen molar-refractivity contribution in [1.82, 2.24) is 0 Å². The Morgan fingerprint density at radius 3 is 2.30 bits per heavy atom. The molecular weight excluding hydrogens is 365 g/mol. The number of halogens is 3. The van der Waals surface area contributed by atoms with Crippen molar-refractivity contribution in [1.29, 1.82) is 0 Å². The van der Waals surface area contributed by atoms with Crippen LogP contribution in [-0.2, 0) is 29.4 Å². The van der Waals surface area contributed by atoms with Crippen LogP contribution in [0.25, 0.3) is 0 Å². The summed E-state index contributed by atoms with van der Waals surface area (Å²) >= 11 is 0. The molecule has 0 amide bonds. The Morgan fingerprint density at radius 2 is 1.81 bits per heavy atom. The number of carbonyl (C=O) groups excluding carboxylic acids is 2. The monoisotopic (exact) mass is 386 g/mol. The highest BCUT2D eigenvalue weighted by Crippen LogP contribution is 2.43. The summed E-state index contributed by atoms with van der Waals surface area (Å²) in [5.74, 6) is -1.89. The number of hydrogen-bond acceptors (Lipinski definition) is 5. The lowest BCUT2D eigenvalue weighted by Crippen LogP contribution is -2.52. The number of benzene rings is 1. The van der Waals surface area contributed by atoms with Crippen molar-refractivity contribution >= 4 is 11.9 Å². The van der Waals surface area contributed by atoms with Crippen molar-refractivity contribution in [3.63, 3.8) is 0 Å². The molecule has 0 saturated carbocycles. The zero-order chi connectivity index (χ0) is 20.1. The first-order valence-corrected chi connectivity index (χ1v) is 8.37. The topological polar surface area (TPSA) is 61.8 Å². The lowest BCUT2D eigenvalue weighted by molar-refractivity contribution is -0.278. The van der Waals surface area contributed by atoms with Crippen LogP contribution >= 0.6 is 0 Å². The zero-order valence-corrected chi connectivity index (χ0v) is 15.0. The fourth-order valence-corrected chi connectivity index (χ4v) is 3.01. The van der Waals surface area contributed by atoms with Gasteiger partial charge >= 0.3 is 18.1 Å². The fourth-order valence-electron chi connectivity index (χ4n) is 3.01. The molecule has 0 fully saturated rings. The van der Waals surface area contributed by atoms with E-state index in [1.807, 2.05) is 0 Å². The molecule has 0 bridgehead atoms. The average molecular weight is 386 g/mol. The van der Waals surface area contributed by atoms with E-state index in [2.05, 4.69) is 4.74 Å².